The van der Waals surface area contributed by atoms with E-state index >= 15 is 0 Å². The second kappa shape index (κ2) is 5.96. The molecule has 21 heavy (non-hydrogen) atoms. The summed E-state index contributed by atoms with van der Waals surface area (Å²) in [6.45, 7) is 0. The highest BCUT2D eigenvalue weighted by Gasteiger charge is 2.15. The van der Waals surface area contributed by atoms with Crippen molar-refractivity contribution in [3.8, 4) is 0 Å². The molecule has 0 aliphatic rings. The van der Waals surface area contributed by atoms with Gasteiger partial charge in [-0.25, -0.2) is 10.1 Å². The molecule has 10 nitrogen and oxygen atoms in total. The van der Waals surface area contributed by atoms with Gasteiger partial charge in [-0.05, 0) is 16.4 Å². The number of benzene rings is 1. The van der Waals surface area contributed by atoms with Gasteiger partial charge in [0.25, 0.3) is 11.6 Å². The zero-order valence-corrected chi connectivity index (χ0v) is 10.9. The van der Waals surface area contributed by atoms with Gasteiger partial charge in [0.1, 0.15) is 5.02 Å². The van der Waals surface area contributed by atoms with Crippen LogP contribution < -0.4 is 11.2 Å². The number of nitro benzene ring substituents is 1. The predicted octanol–water partition coefficient (Wildman–Crippen LogP) is 0.977. The van der Waals surface area contributed by atoms with Crippen molar-refractivity contribution in [2.45, 2.75) is 0 Å². The molecule has 1 amide bonds. The summed E-state index contributed by atoms with van der Waals surface area (Å²) in [5.41, 5.74) is 7.34. The maximum atomic E-state index is 11.5. The van der Waals surface area contributed by atoms with Crippen LogP contribution in [0.2, 0.25) is 5.02 Å². The summed E-state index contributed by atoms with van der Waals surface area (Å²) in [5, 5.41) is 20.9. The van der Waals surface area contributed by atoms with Crippen molar-refractivity contribution in [3.63, 3.8) is 0 Å². The topological polar surface area (TPSA) is 150 Å². The number of hydrazone groups is 1. The van der Waals surface area contributed by atoms with Gasteiger partial charge in [-0.15, -0.1) is 0 Å². The molecule has 1 aromatic heterocycles. The molecule has 2 rings (SSSR count). The van der Waals surface area contributed by atoms with Crippen molar-refractivity contribution in [3.05, 3.63) is 44.6 Å². The van der Waals surface area contributed by atoms with E-state index < -0.39 is 10.8 Å². The summed E-state index contributed by atoms with van der Waals surface area (Å²) in [7, 11) is 0. The van der Waals surface area contributed by atoms with E-state index in [4.69, 9.17) is 17.3 Å². The molecule has 3 N–H and O–H groups in total. The monoisotopic (exact) mass is 310 g/mol. The van der Waals surface area contributed by atoms with Crippen molar-refractivity contribution in [2.75, 3.05) is 5.73 Å². The van der Waals surface area contributed by atoms with E-state index in [1.807, 2.05) is 0 Å². The molecule has 1 aromatic carbocycles. The minimum atomic E-state index is -0.728. The minimum Gasteiger partial charge on any atom is -0.379 e. The van der Waals surface area contributed by atoms with Crippen LogP contribution in [0.5, 0.6) is 0 Å². The molecule has 1 heterocycles. The molecule has 2 aromatic rings. The first kappa shape index (κ1) is 14.4. The standard InChI is InChI=1S/C10H7ClN6O4/c11-6-2-1-5(3-7(6)17(19)20)4-13-14-10(18)8-9(12)16-21-15-8/h1-4H,(H2,12,16)(H,14,18). The Morgan fingerprint density at radius 2 is 2.29 bits per heavy atom. The number of nitrogen functional groups attached to an aromatic ring is 1. The Hall–Kier alpha value is -3.01. The van der Waals surface area contributed by atoms with Crippen LogP contribution in [0, 0.1) is 10.1 Å². The van der Waals surface area contributed by atoms with E-state index in [2.05, 4.69) is 25.5 Å². The molecule has 0 radical (unpaired) electrons. The highest BCUT2D eigenvalue weighted by Crippen LogP contribution is 2.24. The van der Waals surface area contributed by atoms with Gasteiger partial charge in [0.2, 0.25) is 11.5 Å². The van der Waals surface area contributed by atoms with E-state index in [9.17, 15) is 14.9 Å². The number of rotatable bonds is 4. The second-order valence-corrected chi connectivity index (χ2v) is 4.07. The van der Waals surface area contributed by atoms with Crippen molar-refractivity contribution in [1.82, 2.24) is 15.7 Å². The number of amides is 1. The Balaban J connectivity index is 2.08. The predicted molar refractivity (Wildman–Crippen MR) is 71.9 cm³/mol. The van der Waals surface area contributed by atoms with Crippen molar-refractivity contribution in [2.24, 2.45) is 5.10 Å². The SMILES string of the molecule is Nc1nonc1C(=O)NN=Cc1ccc(Cl)c([N+](=O)[O-])c1. The van der Waals surface area contributed by atoms with Gasteiger partial charge < -0.3 is 5.73 Å². The number of halogens is 1. The summed E-state index contributed by atoms with van der Waals surface area (Å²) in [4.78, 5) is 21.6. The average molecular weight is 311 g/mol. The summed E-state index contributed by atoms with van der Waals surface area (Å²) in [5.74, 6) is -0.904. The fourth-order valence-electron chi connectivity index (χ4n) is 1.32. The third kappa shape index (κ3) is 3.30. The van der Waals surface area contributed by atoms with Crippen LogP contribution in [0.3, 0.4) is 0 Å². The first-order chi connectivity index (χ1) is 9.99. The van der Waals surface area contributed by atoms with Gasteiger partial charge in [-0.3, -0.25) is 14.9 Å². The molecule has 0 saturated carbocycles. The first-order valence-electron chi connectivity index (χ1n) is 5.34. The number of nitrogens with one attached hydrogen (secondary N) is 1. The summed E-state index contributed by atoms with van der Waals surface area (Å²) in [6, 6.07) is 4.06. The number of anilines is 1. The Kier molecular flexibility index (Phi) is 4.09. The first-order valence-corrected chi connectivity index (χ1v) is 5.72. The number of nitrogens with two attached hydrogens (primary N) is 1. The Morgan fingerprint density at radius 3 is 2.90 bits per heavy atom. The second-order valence-electron chi connectivity index (χ2n) is 3.67. The van der Waals surface area contributed by atoms with Gasteiger partial charge in [0.15, 0.2) is 0 Å². The number of aromatic nitrogens is 2. The highest BCUT2D eigenvalue weighted by molar-refractivity contribution is 6.32. The Bertz CT molecular complexity index is 728. The molecule has 0 aliphatic heterocycles. The van der Waals surface area contributed by atoms with Gasteiger partial charge >= 0.3 is 0 Å². The number of carbonyl (C=O) groups excluding carboxylic acids is 1. The lowest BCUT2D eigenvalue weighted by Gasteiger charge is -1.97. The summed E-state index contributed by atoms with van der Waals surface area (Å²) in [6.07, 6.45) is 1.20. The molecule has 0 atom stereocenters. The number of nitro groups is 1. The zero-order chi connectivity index (χ0) is 15.4. The molecule has 108 valence electrons. The van der Waals surface area contributed by atoms with Crippen molar-refractivity contribution >= 4 is 35.2 Å². The normalized spacial score (nSPS) is 10.7. The fourth-order valence-corrected chi connectivity index (χ4v) is 1.51. The van der Waals surface area contributed by atoms with Crippen LogP contribution in [-0.2, 0) is 0 Å². The molecular formula is C10H7ClN6O4. The van der Waals surface area contributed by atoms with Crippen LogP contribution in [-0.4, -0.2) is 27.4 Å². The van der Waals surface area contributed by atoms with E-state index in [1.165, 1.54) is 24.4 Å². The van der Waals surface area contributed by atoms with E-state index in [1.54, 1.807) is 0 Å². The number of carbonyl (C=O) groups is 1. The average Bonchev–Trinajstić information content (AvgIpc) is 2.86. The Morgan fingerprint density at radius 1 is 1.52 bits per heavy atom. The molecule has 0 saturated heterocycles. The fraction of sp³-hybridized carbons (Fsp3) is 0. The third-order valence-corrected chi connectivity index (χ3v) is 2.60. The lowest BCUT2D eigenvalue weighted by atomic mass is 10.2. The summed E-state index contributed by atoms with van der Waals surface area (Å²) < 4.78 is 4.26. The molecule has 0 aliphatic carbocycles. The highest BCUT2D eigenvalue weighted by atomic mass is 35.5. The molecule has 0 fully saturated rings. The Labute approximate surface area is 121 Å². The maximum Gasteiger partial charge on any atom is 0.297 e. The van der Waals surface area contributed by atoms with Crippen LogP contribution in [0.15, 0.2) is 27.9 Å². The smallest absolute Gasteiger partial charge is 0.297 e. The molecule has 0 unspecified atom stereocenters. The number of hydrogen-bond acceptors (Lipinski definition) is 8. The van der Waals surface area contributed by atoms with E-state index in [0.717, 1.165) is 0 Å². The third-order valence-electron chi connectivity index (χ3n) is 2.28. The molecular weight excluding hydrogens is 304 g/mol. The van der Waals surface area contributed by atoms with Crippen molar-refractivity contribution in [1.29, 1.82) is 0 Å². The van der Waals surface area contributed by atoms with Gasteiger partial charge in [-0.2, -0.15) is 5.10 Å². The van der Waals surface area contributed by atoms with Crippen LogP contribution >= 0.6 is 11.6 Å². The molecule has 11 heteroatoms. The molecule has 0 spiro atoms. The lowest BCUT2D eigenvalue weighted by Crippen LogP contribution is -2.19. The van der Waals surface area contributed by atoms with Gasteiger partial charge in [0.05, 0.1) is 11.1 Å². The van der Waals surface area contributed by atoms with E-state index in [0.29, 0.717) is 5.56 Å². The zero-order valence-electron chi connectivity index (χ0n) is 10.2. The molecule has 0 bridgehead atoms. The largest absolute Gasteiger partial charge is 0.379 e. The quantitative estimate of drug-likeness (QED) is 0.485. The van der Waals surface area contributed by atoms with Gasteiger partial charge in [-0.1, -0.05) is 17.7 Å². The van der Waals surface area contributed by atoms with E-state index in [-0.39, 0.29) is 22.2 Å². The van der Waals surface area contributed by atoms with Crippen LogP contribution in [0.25, 0.3) is 0 Å². The van der Waals surface area contributed by atoms with Crippen molar-refractivity contribution < 1.29 is 14.3 Å². The number of hydrogen-bond donors (Lipinski definition) is 2. The maximum absolute atomic E-state index is 11.5. The summed E-state index contributed by atoms with van der Waals surface area (Å²) >= 11 is 5.67. The van der Waals surface area contributed by atoms with Crippen LogP contribution in [0.4, 0.5) is 11.5 Å². The van der Waals surface area contributed by atoms with Gasteiger partial charge in [0, 0.05) is 11.6 Å². The van der Waals surface area contributed by atoms with Crippen LogP contribution in [0.1, 0.15) is 16.1 Å². The lowest BCUT2D eigenvalue weighted by molar-refractivity contribution is -0.384. The number of nitrogens with zero attached hydrogens (tertiary/aromatic N) is 4. The minimum absolute atomic E-state index is 0.00244.